The zero-order valence-corrected chi connectivity index (χ0v) is 23.8. The summed E-state index contributed by atoms with van der Waals surface area (Å²) in [6.07, 6.45) is 0. The molecule has 0 saturated carbocycles. The SMILES string of the molecule is CC1(C)c2ccccc2-c2ccc(N(c3ccc(Br)cc3)c3ccc4c(c3)C(C)(C)c3ccccc3-4)cc21. The van der Waals surface area contributed by atoms with Crippen LogP contribution in [0.2, 0.25) is 0 Å². The van der Waals surface area contributed by atoms with Gasteiger partial charge in [0.25, 0.3) is 0 Å². The zero-order chi connectivity index (χ0) is 26.2. The molecule has 0 atom stereocenters. The lowest BCUT2D eigenvalue weighted by atomic mass is 9.82. The number of anilines is 3. The van der Waals surface area contributed by atoms with E-state index in [-0.39, 0.29) is 10.8 Å². The van der Waals surface area contributed by atoms with Crippen molar-refractivity contribution in [3.8, 4) is 22.3 Å². The Morgan fingerprint density at radius 1 is 0.447 bits per heavy atom. The molecule has 2 aliphatic carbocycles. The first kappa shape index (κ1) is 23.5. The van der Waals surface area contributed by atoms with E-state index in [4.69, 9.17) is 0 Å². The maximum atomic E-state index is 3.63. The van der Waals surface area contributed by atoms with Gasteiger partial charge in [0.05, 0.1) is 0 Å². The van der Waals surface area contributed by atoms with Gasteiger partial charge in [-0.05, 0) is 93.0 Å². The van der Waals surface area contributed by atoms with Gasteiger partial charge >= 0.3 is 0 Å². The predicted molar refractivity (Wildman–Crippen MR) is 164 cm³/mol. The summed E-state index contributed by atoms with van der Waals surface area (Å²) in [5.41, 5.74) is 14.4. The lowest BCUT2D eigenvalue weighted by Gasteiger charge is -2.29. The van der Waals surface area contributed by atoms with E-state index in [9.17, 15) is 0 Å². The number of rotatable bonds is 3. The first-order valence-corrected chi connectivity index (χ1v) is 14.1. The molecule has 0 bridgehead atoms. The molecule has 7 rings (SSSR count). The first-order valence-electron chi connectivity index (χ1n) is 13.3. The molecule has 2 heteroatoms. The molecule has 0 N–H and O–H groups in total. The van der Waals surface area contributed by atoms with Crippen molar-refractivity contribution in [1.82, 2.24) is 0 Å². The molecular formula is C36H30BrN. The molecule has 186 valence electrons. The fraction of sp³-hybridized carbons (Fsp3) is 0.167. The lowest BCUT2D eigenvalue weighted by molar-refractivity contribution is 0.660. The maximum absolute atomic E-state index is 3.63. The van der Waals surface area contributed by atoms with Gasteiger partial charge in [-0.1, -0.05) is 104 Å². The van der Waals surface area contributed by atoms with E-state index in [1.165, 1.54) is 55.9 Å². The van der Waals surface area contributed by atoms with E-state index in [0.717, 1.165) is 10.2 Å². The molecule has 0 aliphatic heterocycles. The Balaban J connectivity index is 1.42. The Bertz CT molecular complexity index is 1620. The third-order valence-electron chi connectivity index (χ3n) is 8.74. The average molecular weight is 557 g/mol. The van der Waals surface area contributed by atoms with Crippen LogP contribution in [0.4, 0.5) is 17.1 Å². The lowest BCUT2D eigenvalue weighted by Crippen LogP contribution is -2.18. The van der Waals surface area contributed by atoms with Crippen LogP contribution in [-0.2, 0) is 10.8 Å². The van der Waals surface area contributed by atoms with E-state index >= 15 is 0 Å². The van der Waals surface area contributed by atoms with Gasteiger partial charge in [-0.2, -0.15) is 0 Å². The third-order valence-corrected chi connectivity index (χ3v) is 9.26. The van der Waals surface area contributed by atoms with Crippen LogP contribution in [-0.4, -0.2) is 0 Å². The second-order valence-corrected chi connectivity index (χ2v) is 12.5. The minimum Gasteiger partial charge on any atom is -0.310 e. The highest BCUT2D eigenvalue weighted by Crippen LogP contribution is 2.52. The largest absolute Gasteiger partial charge is 0.310 e. The summed E-state index contributed by atoms with van der Waals surface area (Å²) >= 11 is 3.63. The standard InChI is InChI=1S/C36H30BrN/c1-35(2)31-11-7-5-9-27(31)29-19-17-25(21-33(29)35)38(24-15-13-23(37)14-16-24)26-18-20-30-28-10-6-8-12-32(28)36(3,4)34(30)22-26/h5-22H,1-4H3. The summed E-state index contributed by atoms with van der Waals surface area (Å²) in [6.45, 7) is 9.39. The number of hydrogen-bond donors (Lipinski definition) is 0. The van der Waals surface area contributed by atoms with Gasteiger partial charge in [0.15, 0.2) is 0 Å². The highest BCUT2D eigenvalue weighted by Gasteiger charge is 2.37. The fourth-order valence-electron chi connectivity index (χ4n) is 6.70. The summed E-state index contributed by atoms with van der Waals surface area (Å²) in [6, 6.07) is 40.4. The van der Waals surface area contributed by atoms with Crippen LogP contribution in [0, 0.1) is 0 Å². The minimum absolute atomic E-state index is 0.0467. The molecule has 0 spiro atoms. The van der Waals surface area contributed by atoms with Crippen LogP contribution >= 0.6 is 15.9 Å². The molecule has 5 aromatic carbocycles. The van der Waals surface area contributed by atoms with Gasteiger partial charge in [0.1, 0.15) is 0 Å². The van der Waals surface area contributed by atoms with Crippen LogP contribution in [0.1, 0.15) is 49.9 Å². The maximum Gasteiger partial charge on any atom is 0.0465 e. The van der Waals surface area contributed by atoms with Crippen LogP contribution in [0.25, 0.3) is 22.3 Å². The van der Waals surface area contributed by atoms with E-state index in [0.29, 0.717) is 0 Å². The molecule has 38 heavy (non-hydrogen) atoms. The molecule has 2 aliphatic rings. The van der Waals surface area contributed by atoms with Crippen LogP contribution in [0.3, 0.4) is 0 Å². The van der Waals surface area contributed by atoms with Crippen molar-refractivity contribution in [1.29, 1.82) is 0 Å². The second kappa shape index (κ2) is 8.19. The number of benzene rings is 5. The Morgan fingerprint density at radius 3 is 1.32 bits per heavy atom. The normalized spacial score (nSPS) is 15.4. The molecule has 5 aromatic rings. The van der Waals surface area contributed by atoms with Crippen molar-refractivity contribution in [3.05, 3.63) is 136 Å². The highest BCUT2D eigenvalue weighted by atomic mass is 79.9. The molecular weight excluding hydrogens is 526 g/mol. The van der Waals surface area contributed by atoms with E-state index in [1.54, 1.807) is 0 Å². The Kier molecular flexibility index (Phi) is 5.06. The number of hydrogen-bond acceptors (Lipinski definition) is 1. The van der Waals surface area contributed by atoms with Crippen molar-refractivity contribution in [3.63, 3.8) is 0 Å². The van der Waals surface area contributed by atoms with Crippen LogP contribution in [0.5, 0.6) is 0 Å². The van der Waals surface area contributed by atoms with Crippen molar-refractivity contribution in [2.24, 2.45) is 0 Å². The van der Waals surface area contributed by atoms with Gasteiger partial charge < -0.3 is 4.90 Å². The number of nitrogens with zero attached hydrogens (tertiary/aromatic N) is 1. The molecule has 0 amide bonds. The molecule has 0 unspecified atom stereocenters. The fourth-order valence-corrected chi connectivity index (χ4v) is 6.96. The molecule has 0 aromatic heterocycles. The molecule has 0 saturated heterocycles. The molecule has 0 radical (unpaired) electrons. The van der Waals surface area contributed by atoms with Gasteiger partial charge in [0, 0.05) is 32.4 Å². The second-order valence-electron chi connectivity index (χ2n) is 11.6. The summed E-state index contributed by atoms with van der Waals surface area (Å²) in [5.74, 6) is 0. The Morgan fingerprint density at radius 2 is 0.842 bits per heavy atom. The average Bonchev–Trinajstić information content (AvgIpc) is 3.30. The summed E-state index contributed by atoms with van der Waals surface area (Å²) in [4.78, 5) is 2.41. The zero-order valence-electron chi connectivity index (χ0n) is 22.2. The van der Waals surface area contributed by atoms with E-state index in [1.807, 2.05) is 0 Å². The quantitative estimate of drug-likeness (QED) is 0.214. The first-order chi connectivity index (χ1) is 18.3. The molecule has 0 fully saturated rings. The summed E-state index contributed by atoms with van der Waals surface area (Å²) < 4.78 is 1.08. The topological polar surface area (TPSA) is 3.24 Å². The minimum atomic E-state index is -0.0467. The van der Waals surface area contributed by atoms with Gasteiger partial charge in [-0.25, -0.2) is 0 Å². The van der Waals surface area contributed by atoms with Crippen molar-refractivity contribution in [2.75, 3.05) is 4.90 Å². The number of halogens is 1. The van der Waals surface area contributed by atoms with Crippen molar-refractivity contribution < 1.29 is 0 Å². The van der Waals surface area contributed by atoms with Crippen LogP contribution < -0.4 is 4.90 Å². The van der Waals surface area contributed by atoms with Gasteiger partial charge in [0.2, 0.25) is 0 Å². The van der Waals surface area contributed by atoms with Gasteiger partial charge in [-0.3, -0.25) is 0 Å². The van der Waals surface area contributed by atoms with E-state index < -0.39 is 0 Å². The Labute approximate surface area is 233 Å². The van der Waals surface area contributed by atoms with E-state index in [2.05, 4.69) is 158 Å². The third kappa shape index (κ3) is 3.29. The summed E-state index contributed by atoms with van der Waals surface area (Å²) in [7, 11) is 0. The van der Waals surface area contributed by atoms with Crippen LogP contribution in [0.15, 0.2) is 114 Å². The monoisotopic (exact) mass is 555 g/mol. The Hall–Kier alpha value is -3.62. The number of fused-ring (bicyclic) bond motifs is 6. The van der Waals surface area contributed by atoms with Gasteiger partial charge in [-0.15, -0.1) is 0 Å². The van der Waals surface area contributed by atoms with Crippen molar-refractivity contribution >= 4 is 33.0 Å². The highest BCUT2D eigenvalue weighted by molar-refractivity contribution is 9.10. The predicted octanol–water partition coefficient (Wildman–Crippen LogP) is 10.5. The molecule has 0 heterocycles. The van der Waals surface area contributed by atoms with Crippen molar-refractivity contribution in [2.45, 2.75) is 38.5 Å². The summed E-state index contributed by atoms with van der Waals surface area (Å²) in [5, 5.41) is 0. The molecule has 1 nitrogen and oxygen atoms in total. The smallest absolute Gasteiger partial charge is 0.0465 e.